The van der Waals surface area contributed by atoms with Crippen molar-refractivity contribution in [1.29, 1.82) is 0 Å². The summed E-state index contributed by atoms with van der Waals surface area (Å²) in [7, 11) is -3.80. The number of hydrogen-bond donors (Lipinski definition) is 2. The van der Waals surface area contributed by atoms with Gasteiger partial charge in [-0.3, -0.25) is 9.29 Å². The highest BCUT2D eigenvalue weighted by molar-refractivity contribution is 7.92. The molecular formula is C19H15FN6O2S. The highest BCUT2D eigenvalue weighted by Gasteiger charge is 2.14. The molecule has 0 aliphatic carbocycles. The lowest BCUT2D eigenvalue weighted by Gasteiger charge is -2.10. The smallest absolute Gasteiger partial charge is 0.261 e. The van der Waals surface area contributed by atoms with Crippen LogP contribution in [0.3, 0.4) is 0 Å². The van der Waals surface area contributed by atoms with Gasteiger partial charge >= 0.3 is 0 Å². The van der Waals surface area contributed by atoms with E-state index in [1.807, 2.05) is 0 Å². The first-order valence-electron chi connectivity index (χ1n) is 8.45. The molecule has 4 rings (SSSR count). The van der Waals surface area contributed by atoms with Gasteiger partial charge in [0.05, 0.1) is 4.90 Å². The first kappa shape index (κ1) is 18.6. The van der Waals surface area contributed by atoms with Gasteiger partial charge in [0.1, 0.15) is 30.1 Å². The fraction of sp³-hybridized carbons (Fsp3) is 0. The third kappa shape index (κ3) is 4.38. The van der Waals surface area contributed by atoms with Crippen molar-refractivity contribution in [3.63, 3.8) is 0 Å². The molecule has 29 heavy (non-hydrogen) atoms. The van der Waals surface area contributed by atoms with E-state index in [0.29, 0.717) is 23.0 Å². The Morgan fingerprint density at radius 2 is 1.66 bits per heavy atom. The van der Waals surface area contributed by atoms with Crippen LogP contribution in [0.5, 0.6) is 0 Å². The molecule has 0 fully saturated rings. The lowest BCUT2D eigenvalue weighted by molar-refractivity contribution is 0.599. The molecule has 0 saturated heterocycles. The summed E-state index contributed by atoms with van der Waals surface area (Å²) in [5.41, 5.74) is 1.09. The number of halogens is 1. The van der Waals surface area contributed by atoms with E-state index in [2.05, 4.69) is 25.0 Å². The molecule has 2 N–H and O–H groups in total. The van der Waals surface area contributed by atoms with Crippen LogP contribution in [0.1, 0.15) is 0 Å². The summed E-state index contributed by atoms with van der Waals surface area (Å²) in [5.74, 6) is 0.729. The zero-order chi connectivity index (χ0) is 20.3. The molecule has 0 aliphatic heterocycles. The molecule has 10 heteroatoms. The van der Waals surface area contributed by atoms with Crippen LogP contribution in [-0.2, 0) is 10.0 Å². The Balaban J connectivity index is 1.47. The van der Waals surface area contributed by atoms with Crippen molar-refractivity contribution >= 4 is 27.2 Å². The zero-order valence-electron chi connectivity index (χ0n) is 14.9. The van der Waals surface area contributed by atoms with Crippen molar-refractivity contribution in [2.75, 3.05) is 10.0 Å². The summed E-state index contributed by atoms with van der Waals surface area (Å²) < 4.78 is 41.9. The van der Waals surface area contributed by atoms with Crippen LogP contribution in [0.4, 0.5) is 21.6 Å². The number of benzene rings is 2. The largest absolute Gasteiger partial charge is 0.340 e. The monoisotopic (exact) mass is 410 g/mol. The van der Waals surface area contributed by atoms with Crippen molar-refractivity contribution in [1.82, 2.24) is 19.5 Å². The van der Waals surface area contributed by atoms with E-state index in [1.165, 1.54) is 18.5 Å². The predicted octanol–water partition coefficient (Wildman–Crippen LogP) is 3.35. The van der Waals surface area contributed by atoms with Crippen LogP contribution >= 0.6 is 0 Å². The second kappa shape index (κ2) is 7.68. The lowest BCUT2D eigenvalue weighted by atomic mass is 10.3. The molecule has 2 heterocycles. The lowest BCUT2D eigenvalue weighted by Crippen LogP contribution is -2.12. The van der Waals surface area contributed by atoms with Crippen LogP contribution < -0.4 is 10.0 Å². The molecule has 0 radical (unpaired) electrons. The number of anilines is 3. The minimum Gasteiger partial charge on any atom is -0.340 e. The van der Waals surface area contributed by atoms with Gasteiger partial charge in [0.15, 0.2) is 0 Å². The molecule has 2 aromatic carbocycles. The highest BCUT2D eigenvalue weighted by atomic mass is 32.2. The summed E-state index contributed by atoms with van der Waals surface area (Å²) in [6, 6.07) is 13.0. The summed E-state index contributed by atoms with van der Waals surface area (Å²) in [5, 5.41) is 3.13. The normalized spacial score (nSPS) is 11.2. The first-order chi connectivity index (χ1) is 14.0. The summed E-state index contributed by atoms with van der Waals surface area (Å²) in [4.78, 5) is 12.3. The van der Waals surface area contributed by atoms with Crippen molar-refractivity contribution in [3.05, 3.63) is 85.5 Å². The van der Waals surface area contributed by atoms with Crippen molar-refractivity contribution in [2.45, 2.75) is 4.90 Å². The maximum absolute atomic E-state index is 13.0. The fourth-order valence-electron chi connectivity index (χ4n) is 2.55. The Morgan fingerprint density at radius 1 is 0.931 bits per heavy atom. The summed E-state index contributed by atoms with van der Waals surface area (Å²) >= 11 is 0. The van der Waals surface area contributed by atoms with Crippen LogP contribution in [0.15, 0.2) is 84.5 Å². The molecule has 8 nitrogen and oxygen atoms in total. The average molecular weight is 410 g/mol. The maximum atomic E-state index is 13.0. The molecule has 0 aliphatic rings. The Kier molecular flexibility index (Phi) is 4.92. The minimum absolute atomic E-state index is 0.0193. The van der Waals surface area contributed by atoms with Gasteiger partial charge in [-0.05, 0) is 48.5 Å². The summed E-state index contributed by atoms with van der Waals surface area (Å²) in [6.07, 6.45) is 6.49. The van der Waals surface area contributed by atoms with Crippen molar-refractivity contribution < 1.29 is 12.8 Å². The Labute approximate surface area is 166 Å². The molecule has 0 amide bonds. The second-order valence-electron chi connectivity index (χ2n) is 5.99. The Bertz CT molecular complexity index is 1210. The predicted molar refractivity (Wildman–Crippen MR) is 106 cm³/mol. The van der Waals surface area contributed by atoms with Crippen molar-refractivity contribution in [2.24, 2.45) is 0 Å². The van der Waals surface area contributed by atoms with E-state index < -0.39 is 15.8 Å². The van der Waals surface area contributed by atoms with Crippen LogP contribution in [-0.4, -0.2) is 27.9 Å². The van der Waals surface area contributed by atoms with Crippen LogP contribution in [0.2, 0.25) is 0 Å². The van der Waals surface area contributed by atoms with Gasteiger partial charge in [-0.1, -0.05) is 0 Å². The number of nitrogens with zero attached hydrogens (tertiary/aromatic N) is 4. The molecule has 0 unspecified atom stereocenters. The van der Waals surface area contributed by atoms with Gasteiger partial charge in [0.2, 0.25) is 0 Å². The number of imidazole rings is 1. The van der Waals surface area contributed by atoms with Crippen molar-refractivity contribution in [3.8, 4) is 5.82 Å². The van der Waals surface area contributed by atoms with E-state index in [9.17, 15) is 12.8 Å². The molecule has 0 bridgehead atoms. The van der Waals surface area contributed by atoms with Gasteiger partial charge in [-0.25, -0.2) is 27.8 Å². The maximum Gasteiger partial charge on any atom is 0.261 e. The van der Waals surface area contributed by atoms with E-state index in [0.717, 1.165) is 12.1 Å². The molecule has 2 aromatic heterocycles. The van der Waals surface area contributed by atoms with Crippen LogP contribution in [0, 0.1) is 5.82 Å². The first-order valence-corrected chi connectivity index (χ1v) is 9.94. The van der Waals surface area contributed by atoms with Gasteiger partial charge in [-0.15, -0.1) is 0 Å². The molecule has 0 spiro atoms. The second-order valence-corrected chi connectivity index (χ2v) is 7.68. The minimum atomic E-state index is -3.80. The molecule has 146 valence electrons. The topological polar surface area (TPSA) is 102 Å². The van der Waals surface area contributed by atoms with E-state index in [1.54, 1.807) is 53.6 Å². The zero-order valence-corrected chi connectivity index (χ0v) is 15.7. The molecule has 0 saturated carbocycles. The van der Waals surface area contributed by atoms with Crippen LogP contribution in [0.25, 0.3) is 5.82 Å². The fourth-order valence-corrected chi connectivity index (χ4v) is 3.61. The SMILES string of the molecule is O=S(=O)(Nc1ccc(Nc2cc(-n3ccnc3)ncn2)cc1)c1ccc(F)cc1. The average Bonchev–Trinajstić information content (AvgIpc) is 3.25. The Hall–Kier alpha value is -3.79. The number of aromatic nitrogens is 4. The third-order valence-corrected chi connectivity index (χ3v) is 5.35. The standard InChI is InChI=1S/C19H15FN6O2S/c20-14-1-7-17(8-2-14)29(27,28)25-16-5-3-15(4-6-16)24-18-11-19(23-12-22-18)26-10-9-21-13-26/h1-13,25H,(H,22,23,24). The van der Waals surface area contributed by atoms with Gasteiger partial charge < -0.3 is 5.32 Å². The van der Waals surface area contributed by atoms with E-state index in [4.69, 9.17) is 0 Å². The third-order valence-electron chi connectivity index (χ3n) is 3.96. The van der Waals surface area contributed by atoms with Gasteiger partial charge in [0, 0.05) is 29.8 Å². The number of rotatable bonds is 6. The molecule has 0 atom stereocenters. The van der Waals surface area contributed by atoms with Gasteiger partial charge in [0.25, 0.3) is 10.0 Å². The molecule has 4 aromatic rings. The number of hydrogen-bond acceptors (Lipinski definition) is 6. The van der Waals surface area contributed by atoms with E-state index >= 15 is 0 Å². The van der Waals surface area contributed by atoms with Gasteiger partial charge in [-0.2, -0.15) is 0 Å². The quantitative estimate of drug-likeness (QED) is 0.505. The number of sulfonamides is 1. The van der Waals surface area contributed by atoms with E-state index in [-0.39, 0.29) is 4.90 Å². The summed E-state index contributed by atoms with van der Waals surface area (Å²) in [6.45, 7) is 0. The number of nitrogens with one attached hydrogen (secondary N) is 2. The molecular weight excluding hydrogens is 395 g/mol. The Morgan fingerprint density at radius 3 is 2.34 bits per heavy atom. The highest BCUT2D eigenvalue weighted by Crippen LogP contribution is 2.21.